The first-order valence-corrected chi connectivity index (χ1v) is 6.46. The predicted molar refractivity (Wildman–Crippen MR) is 87.4 cm³/mol. The van der Waals surface area contributed by atoms with Crippen LogP contribution in [0.25, 0.3) is 22.2 Å². The highest BCUT2D eigenvalue weighted by Gasteiger charge is 1.95. The fourth-order valence-corrected chi connectivity index (χ4v) is 1.86. The average Bonchev–Trinajstić information content (AvgIpc) is 3.08. The normalized spacial score (nSPS) is 9.65. The van der Waals surface area contributed by atoms with Crippen LogP contribution in [0.2, 0.25) is 0 Å². The summed E-state index contributed by atoms with van der Waals surface area (Å²) in [6.07, 6.45) is 3.04. The molecule has 23 heavy (non-hydrogen) atoms. The summed E-state index contributed by atoms with van der Waals surface area (Å²) in [5, 5.41) is 15.2. The van der Waals surface area contributed by atoms with E-state index in [1.165, 1.54) is 17.8 Å². The molecule has 0 aliphatic carbocycles. The van der Waals surface area contributed by atoms with Gasteiger partial charge in [-0.05, 0) is 12.1 Å². The molecule has 0 bridgehead atoms. The van der Waals surface area contributed by atoms with Gasteiger partial charge in [0.2, 0.25) is 0 Å². The molecule has 117 valence electrons. The van der Waals surface area contributed by atoms with Gasteiger partial charge < -0.3 is 20.8 Å². The maximum atomic E-state index is 10.6. The van der Waals surface area contributed by atoms with E-state index in [2.05, 4.69) is 24.9 Å². The lowest BCUT2D eigenvalue weighted by Crippen LogP contribution is -1.99. The number of imidazole rings is 1. The fourth-order valence-electron chi connectivity index (χ4n) is 1.86. The Kier molecular flexibility index (Phi) is 5.50. The van der Waals surface area contributed by atoms with E-state index in [1.807, 2.05) is 30.3 Å². The van der Waals surface area contributed by atoms with Crippen molar-refractivity contribution in [1.29, 1.82) is 0 Å². The van der Waals surface area contributed by atoms with Crippen molar-refractivity contribution in [1.82, 2.24) is 24.9 Å². The number of benzene rings is 1. The Balaban J connectivity index is 0.000000143. The van der Waals surface area contributed by atoms with Crippen LogP contribution < -0.4 is 11.4 Å². The number of nitrogens with two attached hydrogens (primary N) is 1. The first-order valence-electron chi connectivity index (χ1n) is 6.46. The molecule has 1 radical (unpaired) electrons. The summed E-state index contributed by atoms with van der Waals surface area (Å²) in [7, 11) is 0. The smallest absolute Gasteiger partial charge is 0.429 e. The number of anilines is 1. The lowest BCUT2D eigenvalue weighted by Gasteiger charge is -1.83. The van der Waals surface area contributed by atoms with Gasteiger partial charge in [-0.3, -0.25) is 9.97 Å². The van der Waals surface area contributed by atoms with E-state index in [1.54, 1.807) is 0 Å². The number of nitrogens with one attached hydrogen (secondary N) is 3. The molecule has 0 aliphatic heterocycles. The molecule has 0 saturated heterocycles. The Morgan fingerprint density at radius 3 is 2.13 bits per heavy atom. The van der Waals surface area contributed by atoms with Crippen molar-refractivity contribution < 1.29 is 10.0 Å². The van der Waals surface area contributed by atoms with Crippen LogP contribution in [-0.2, 0) is 0 Å². The first-order chi connectivity index (χ1) is 11.1. The third-order valence-electron chi connectivity index (χ3n) is 2.71. The number of aromatic amines is 3. The van der Waals surface area contributed by atoms with Crippen LogP contribution in [0.15, 0.2) is 47.5 Å². The van der Waals surface area contributed by atoms with Gasteiger partial charge in [-0.2, -0.15) is 0 Å². The van der Waals surface area contributed by atoms with Gasteiger partial charge in [-0.25, -0.2) is 14.8 Å². The summed E-state index contributed by atoms with van der Waals surface area (Å²) >= 11 is 0. The summed E-state index contributed by atoms with van der Waals surface area (Å²) in [5.74, 6) is 0.723. The number of para-hydroxylation sites is 1. The maximum Gasteiger partial charge on any atom is 0.482 e. The molecule has 0 atom stereocenters. The third kappa shape index (κ3) is 4.43. The van der Waals surface area contributed by atoms with Crippen molar-refractivity contribution in [3.05, 3.63) is 53.2 Å². The lowest BCUT2D eigenvalue weighted by molar-refractivity contribution is 0.448. The molecule has 4 aromatic rings. The summed E-state index contributed by atoms with van der Waals surface area (Å²) < 4.78 is 0. The lowest BCUT2D eigenvalue weighted by atomic mass is 10.3. The van der Waals surface area contributed by atoms with Crippen molar-refractivity contribution in [2.24, 2.45) is 0 Å². The number of hydrogen-bond acceptors (Lipinski definition) is 6. The van der Waals surface area contributed by atoms with Crippen molar-refractivity contribution in [3.8, 4) is 0 Å². The summed E-state index contributed by atoms with van der Waals surface area (Å²) in [6.45, 7) is 0. The number of rotatable bonds is 0. The monoisotopic (exact) mass is 313 g/mol. The quantitative estimate of drug-likeness (QED) is 0.249. The number of aromatic nitrogens is 5. The molecule has 0 saturated carbocycles. The zero-order valence-electron chi connectivity index (χ0n) is 11.9. The van der Waals surface area contributed by atoms with Crippen LogP contribution >= 0.6 is 0 Å². The molecule has 1 aromatic carbocycles. The van der Waals surface area contributed by atoms with E-state index >= 15 is 0 Å². The Morgan fingerprint density at radius 1 is 1.00 bits per heavy atom. The van der Waals surface area contributed by atoms with Crippen LogP contribution in [0.3, 0.4) is 0 Å². The maximum absolute atomic E-state index is 10.6. The Bertz CT molecular complexity index is 863. The highest BCUT2D eigenvalue weighted by molar-refractivity contribution is 6.13. The second kappa shape index (κ2) is 7.78. The Morgan fingerprint density at radius 2 is 1.57 bits per heavy atom. The SMILES string of the molecule is Nc1cc2ccccc2[nH]1.O=c1[nH]c2nccnc2[nH]1.O[B]O. The van der Waals surface area contributed by atoms with E-state index in [9.17, 15) is 4.79 Å². The zero-order chi connectivity index (χ0) is 16.7. The van der Waals surface area contributed by atoms with E-state index in [4.69, 9.17) is 15.8 Å². The number of fused-ring (bicyclic) bond motifs is 2. The molecular formula is C13H14BN6O3. The van der Waals surface area contributed by atoms with Gasteiger partial charge in [0.25, 0.3) is 0 Å². The van der Waals surface area contributed by atoms with E-state index in [0.717, 1.165) is 11.3 Å². The molecule has 3 aromatic heterocycles. The first kappa shape index (κ1) is 16.3. The number of H-pyrrole nitrogens is 3. The molecule has 0 unspecified atom stereocenters. The Hall–Kier alpha value is -3.11. The molecule has 0 amide bonds. The molecule has 0 spiro atoms. The minimum atomic E-state index is -0.277. The van der Waals surface area contributed by atoms with Gasteiger partial charge in [-0.1, -0.05) is 18.2 Å². The molecular weight excluding hydrogens is 299 g/mol. The summed E-state index contributed by atoms with van der Waals surface area (Å²) in [5.41, 5.74) is 7.34. The molecule has 0 aliphatic rings. The highest BCUT2D eigenvalue weighted by atomic mass is 16.4. The second-order valence-electron chi connectivity index (χ2n) is 4.26. The van der Waals surface area contributed by atoms with Crippen molar-refractivity contribution >= 4 is 35.7 Å². The largest absolute Gasteiger partial charge is 0.482 e. The van der Waals surface area contributed by atoms with Crippen molar-refractivity contribution in [2.45, 2.75) is 0 Å². The molecule has 3 heterocycles. The van der Waals surface area contributed by atoms with Gasteiger partial charge in [0, 0.05) is 23.3 Å². The van der Waals surface area contributed by atoms with Gasteiger partial charge in [0.05, 0.1) is 0 Å². The molecule has 7 N–H and O–H groups in total. The highest BCUT2D eigenvalue weighted by Crippen LogP contribution is 2.14. The molecule has 4 rings (SSSR count). The summed E-state index contributed by atoms with van der Waals surface area (Å²) in [6, 6.07) is 9.94. The molecule has 10 heteroatoms. The predicted octanol–water partition coefficient (Wildman–Crippen LogP) is -0.0985. The third-order valence-corrected chi connectivity index (χ3v) is 2.71. The molecule has 0 fully saturated rings. The number of nitrogen functional groups attached to an aromatic ring is 1. The standard InChI is InChI=1S/C8H8N2.C5H4N4O.BH2O2/c9-8-5-6-3-1-2-4-7(6)10-8;10-5-8-3-4(9-5)7-2-1-6-3;2-1-3/h1-5,10H,9H2;1-2H,(H2,6,7,8,9,10);2-3H. The second-order valence-corrected chi connectivity index (χ2v) is 4.26. The van der Waals surface area contributed by atoms with Crippen LogP contribution in [0.5, 0.6) is 0 Å². The van der Waals surface area contributed by atoms with Gasteiger partial charge >= 0.3 is 13.4 Å². The van der Waals surface area contributed by atoms with Crippen LogP contribution in [-0.4, -0.2) is 42.7 Å². The number of hydrogen-bond donors (Lipinski definition) is 6. The van der Waals surface area contributed by atoms with Gasteiger partial charge in [0.15, 0.2) is 11.3 Å². The van der Waals surface area contributed by atoms with Crippen molar-refractivity contribution in [2.75, 3.05) is 5.73 Å². The topological polar surface area (TPSA) is 157 Å². The summed E-state index contributed by atoms with van der Waals surface area (Å²) in [4.78, 5) is 26.3. The van der Waals surface area contributed by atoms with Gasteiger partial charge in [-0.15, -0.1) is 0 Å². The van der Waals surface area contributed by atoms with E-state index < -0.39 is 0 Å². The van der Waals surface area contributed by atoms with E-state index in [0.29, 0.717) is 11.3 Å². The number of nitrogens with zero attached hydrogens (tertiary/aromatic N) is 2. The minimum Gasteiger partial charge on any atom is -0.429 e. The van der Waals surface area contributed by atoms with Gasteiger partial charge in [0.1, 0.15) is 5.82 Å². The van der Waals surface area contributed by atoms with Crippen LogP contribution in [0.4, 0.5) is 5.82 Å². The zero-order valence-corrected chi connectivity index (χ0v) is 11.9. The van der Waals surface area contributed by atoms with Crippen LogP contribution in [0, 0.1) is 0 Å². The fraction of sp³-hybridized carbons (Fsp3) is 0. The minimum absolute atomic E-state index is 0. The van der Waals surface area contributed by atoms with Crippen LogP contribution in [0.1, 0.15) is 0 Å². The average molecular weight is 313 g/mol. The Labute approximate surface area is 130 Å². The molecule has 9 nitrogen and oxygen atoms in total. The van der Waals surface area contributed by atoms with E-state index in [-0.39, 0.29) is 13.4 Å². The van der Waals surface area contributed by atoms with Crippen molar-refractivity contribution in [3.63, 3.8) is 0 Å².